The number of aliphatic hydroxyl groups excluding tert-OH is 1. The number of amides is 2. The Balaban J connectivity index is 1.80. The van der Waals surface area contributed by atoms with E-state index in [4.69, 9.17) is 5.11 Å². The Morgan fingerprint density at radius 2 is 2.06 bits per heavy atom. The summed E-state index contributed by atoms with van der Waals surface area (Å²) >= 11 is 0. The van der Waals surface area contributed by atoms with Crippen LogP contribution in [0, 0.1) is 5.92 Å². The highest BCUT2D eigenvalue weighted by Crippen LogP contribution is 2.21. The number of carbonyl (C=O) groups excluding carboxylic acids is 2. The first kappa shape index (κ1) is 12.4. The van der Waals surface area contributed by atoms with Crippen molar-refractivity contribution in [1.82, 2.24) is 10.2 Å². The number of piperidine rings is 1. The summed E-state index contributed by atoms with van der Waals surface area (Å²) < 4.78 is 0. The van der Waals surface area contributed by atoms with E-state index in [2.05, 4.69) is 5.32 Å². The van der Waals surface area contributed by atoms with Gasteiger partial charge in [0.2, 0.25) is 11.8 Å². The molecule has 2 fully saturated rings. The number of carbonyl (C=O) groups is 2. The highest BCUT2D eigenvalue weighted by Gasteiger charge is 2.32. The van der Waals surface area contributed by atoms with Crippen LogP contribution in [-0.2, 0) is 9.59 Å². The van der Waals surface area contributed by atoms with Crippen LogP contribution >= 0.6 is 0 Å². The molecule has 0 aromatic rings. The third-order valence-electron chi connectivity index (χ3n) is 3.76. The summed E-state index contributed by atoms with van der Waals surface area (Å²) in [6.45, 7) is 1.75. The minimum absolute atomic E-state index is 0.0153. The summed E-state index contributed by atoms with van der Waals surface area (Å²) in [7, 11) is 0. The van der Waals surface area contributed by atoms with E-state index in [-0.39, 0.29) is 24.5 Å². The summed E-state index contributed by atoms with van der Waals surface area (Å²) in [5.41, 5.74) is 0. The van der Waals surface area contributed by atoms with Crippen LogP contribution in [0.1, 0.15) is 32.1 Å². The fraction of sp³-hybridized carbons (Fsp3) is 0.833. The Morgan fingerprint density at radius 1 is 1.35 bits per heavy atom. The van der Waals surface area contributed by atoms with Gasteiger partial charge in [-0.15, -0.1) is 0 Å². The second kappa shape index (κ2) is 5.49. The van der Waals surface area contributed by atoms with Crippen molar-refractivity contribution >= 4 is 11.8 Å². The molecule has 96 valence electrons. The van der Waals surface area contributed by atoms with E-state index in [1.807, 2.05) is 4.90 Å². The highest BCUT2D eigenvalue weighted by molar-refractivity contribution is 5.90. The SMILES string of the molecule is O=C1CC[C@H](C(=O)N2CCC(CCO)CC2)N1. The highest BCUT2D eigenvalue weighted by atomic mass is 16.3. The molecule has 2 aliphatic rings. The van der Waals surface area contributed by atoms with Crippen molar-refractivity contribution in [3.8, 4) is 0 Å². The van der Waals surface area contributed by atoms with Crippen molar-refractivity contribution in [2.75, 3.05) is 19.7 Å². The molecule has 2 amide bonds. The van der Waals surface area contributed by atoms with E-state index in [1.54, 1.807) is 0 Å². The molecule has 0 aromatic carbocycles. The molecule has 5 heteroatoms. The van der Waals surface area contributed by atoms with Crippen LogP contribution in [0.25, 0.3) is 0 Å². The molecular formula is C12H20N2O3. The van der Waals surface area contributed by atoms with Crippen LogP contribution in [0.2, 0.25) is 0 Å². The molecule has 0 spiro atoms. The monoisotopic (exact) mass is 240 g/mol. The predicted molar refractivity (Wildman–Crippen MR) is 62.2 cm³/mol. The van der Waals surface area contributed by atoms with Crippen LogP contribution in [-0.4, -0.2) is 47.6 Å². The summed E-state index contributed by atoms with van der Waals surface area (Å²) in [5.74, 6) is 0.596. The number of hydrogen-bond donors (Lipinski definition) is 2. The molecule has 2 heterocycles. The van der Waals surface area contributed by atoms with Crippen LogP contribution in [0.3, 0.4) is 0 Å². The lowest BCUT2D eigenvalue weighted by molar-refractivity contribution is -0.135. The Morgan fingerprint density at radius 3 is 2.59 bits per heavy atom. The van der Waals surface area contributed by atoms with Crippen LogP contribution < -0.4 is 5.32 Å². The van der Waals surface area contributed by atoms with Crippen LogP contribution in [0.15, 0.2) is 0 Å². The van der Waals surface area contributed by atoms with Gasteiger partial charge in [0.1, 0.15) is 6.04 Å². The number of aliphatic hydroxyl groups is 1. The van der Waals surface area contributed by atoms with Crippen LogP contribution in [0.5, 0.6) is 0 Å². The first-order valence-electron chi connectivity index (χ1n) is 6.39. The van der Waals surface area contributed by atoms with Gasteiger partial charge >= 0.3 is 0 Å². The van der Waals surface area contributed by atoms with Gasteiger partial charge < -0.3 is 15.3 Å². The summed E-state index contributed by atoms with van der Waals surface area (Å²) in [6.07, 6.45) is 3.87. The molecule has 0 radical (unpaired) electrons. The maximum absolute atomic E-state index is 12.1. The minimum atomic E-state index is -0.295. The Labute approximate surface area is 101 Å². The minimum Gasteiger partial charge on any atom is -0.396 e. The normalized spacial score (nSPS) is 26.1. The van der Waals surface area contributed by atoms with Gasteiger partial charge in [0.25, 0.3) is 0 Å². The maximum Gasteiger partial charge on any atom is 0.245 e. The molecule has 0 bridgehead atoms. The van der Waals surface area contributed by atoms with Gasteiger partial charge in [-0.05, 0) is 31.6 Å². The lowest BCUT2D eigenvalue weighted by Gasteiger charge is -2.33. The largest absolute Gasteiger partial charge is 0.396 e. The van der Waals surface area contributed by atoms with Gasteiger partial charge in [0.05, 0.1) is 0 Å². The summed E-state index contributed by atoms with van der Waals surface area (Å²) in [6, 6.07) is -0.295. The van der Waals surface area contributed by atoms with E-state index < -0.39 is 0 Å². The second-order valence-electron chi connectivity index (χ2n) is 4.94. The average molecular weight is 240 g/mol. The van der Waals surface area contributed by atoms with E-state index in [0.717, 1.165) is 32.4 Å². The third-order valence-corrected chi connectivity index (χ3v) is 3.76. The molecule has 0 unspecified atom stereocenters. The standard InChI is InChI=1S/C12H20N2O3/c15-8-5-9-3-6-14(7-4-9)12(17)10-1-2-11(16)13-10/h9-10,15H,1-8H2,(H,13,16)/t10-/m1/s1. The molecule has 17 heavy (non-hydrogen) atoms. The molecule has 2 aliphatic heterocycles. The fourth-order valence-electron chi connectivity index (χ4n) is 2.64. The first-order chi connectivity index (χ1) is 8.20. The number of nitrogens with one attached hydrogen (secondary N) is 1. The van der Waals surface area contributed by atoms with Crippen molar-refractivity contribution in [2.45, 2.75) is 38.1 Å². The maximum atomic E-state index is 12.1. The van der Waals surface area contributed by atoms with Gasteiger partial charge in [-0.1, -0.05) is 0 Å². The number of rotatable bonds is 3. The van der Waals surface area contributed by atoms with Gasteiger partial charge in [-0.25, -0.2) is 0 Å². The molecule has 0 aromatic heterocycles. The first-order valence-corrected chi connectivity index (χ1v) is 6.39. The van der Waals surface area contributed by atoms with Gasteiger partial charge in [0, 0.05) is 26.1 Å². The molecule has 0 saturated carbocycles. The Bertz CT molecular complexity index is 298. The van der Waals surface area contributed by atoms with Crippen LogP contribution in [0.4, 0.5) is 0 Å². The molecule has 0 aliphatic carbocycles. The van der Waals surface area contributed by atoms with Gasteiger partial charge in [0.15, 0.2) is 0 Å². The van der Waals surface area contributed by atoms with E-state index in [1.165, 1.54) is 0 Å². The van der Waals surface area contributed by atoms with E-state index in [9.17, 15) is 9.59 Å². The second-order valence-corrected chi connectivity index (χ2v) is 4.94. The van der Waals surface area contributed by atoms with Gasteiger partial charge in [-0.2, -0.15) is 0 Å². The predicted octanol–water partition coefficient (Wildman–Crippen LogP) is -0.114. The lowest BCUT2D eigenvalue weighted by atomic mass is 9.93. The molecule has 2 rings (SSSR count). The average Bonchev–Trinajstić information content (AvgIpc) is 2.76. The number of likely N-dealkylation sites (tertiary alicyclic amines) is 1. The Hall–Kier alpha value is -1.10. The van der Waals surface area contributed by atoms with Crippen molar-refractivity contribution in [2.24, 2.45) is 5.92 Å². The molecule has 2 saturated heterocycles. The molecular weight excluding hydrogens is 220 g/mol. The number of hydrogen-bond acceptors (Lipinski definition) is 3. The van der Waals surface area contributed by atoms with Crippen molar-refractivity contribution in [3.05, 3.63) is 0 Å². The smallest absolute Gasteiger partial charge is 0.245 e. The molecule has 2 N–H and O–H groups in total. The molecule has 5 nitrogen and oxygen atoms in total. The fourth-order valence-corrected chi connectivity index (χ4v) is 2.64. The zero-order valence-corrected chi connectivity index (χ0v) is 10.0. The summed E-state index contributed by atoms with van der Waals surface area (Å²) in [5, 5.41) is 11.6. The third kappa shape index (κ3) is 2.97. The van der Waals surface area contributed by atoms with Gasteiger partial charge in [-0.3, -0.25) is 9.59 Å². The van der Waals surface area contributed by atoms with Crippen molar-refractivity contribution < 1.29 is 14.7 Å². The van der Waals surface area contributed by atoms with Crippen molar-refractivity contribution in [1.29, 1.82) is 0 Å². The lowest BCUT2D eigenvalue weighted by Crippen LogP contribution is -2.47. The Kier molecular flexibility index (Phi) is 3.99. The topological polar surface area (TPSA) is 69.6 Å². The summed E-state index contributed by atoms with van der Waals surface area (Å²) in [4.78, 5) is 25.0. The zero-order chi connectivity index (χ0) is 12.3. The number of nitrogens with zero attached hydrogens (tertiary/aromatic N) is 1. The molecule has 1 atom stereocenters. The quantitative estimate of drug-likeness (QED) is 0.723. The van der Waals surface area contributed by atoms with Crippen molar-refractivity contribution in [3.63, 3.8) is 0 Å². The zero-order valence-electron chi connectivity index (χ0n) is 10.0. The van der Waals surface area contributed by atoms with E-state index >= 15 is 0 Å². The van der Waals surface area contributed by atoms with E-state index in [0.29, 0.717) is 18.8 Å².